The highest BCUT2D eigenvalue weighted by Gasteiger charge is 2.45. The van der Waals surface area contributed by atoms with Gasteiger partial charge in [0.25, 0.3) is 0 Å². The lowest BCUT2D eigenvalue weighted by molar-refractivity contribution is -0.176. The Kier molecular flexibility index (Phi) is 12.2. The van der Waals surface area contributed by atoms with E-state index in [1.165, 1.54) is 32.1 Å². The lowest BCUT2D eigenvalue weighted by Gasteiger charge is -2.24. The van der Waals surface area contributed by atoms with Crippen LogP contribution in [0.15, 0.2) is 0 Å². The van der Waals surface area contributed by atoms with E-state index in [1.54, 1.807) is 6.92 Å². The first-order chi connectivity index (χ1) is 10.8. The molecule has 0 aromatic carbocycles. The Morgan fingerprint density at radius 3 is 1.87 bits per heavy atom. The van der Waals surface area contributed by atoms with Crippen LogP contribution < -0.4 is 5.73 Å². The molecule has 0 aliphatic rings. The molecule has 0 rings (SSSR count). The molecule has 138 valence electrons. The smallest absolute Gasteiger partial charge is 0.404 e. The number of hydrogen-bond donors (Lipinski definition) is 1. The van der Waals surface area contributed by atoms with Gasteiger partial charge in [0.15, 0.2) is 0 Å². The highest BCUT2D eigenvalue weighted by atomic mass is 19.4. The van der Waals surface area contributed by atoms with Gasteiger partial charge < -0.3 is 10.5 Å². The summed E-state index contributed by atoms with van der Waals surface area (Å²) in [5, 5.41) is 0. The summed E-state index contributed by atoms with van der Waals surface area (Å²) in [7, 11) is 0. The van der Waals surface area contributed by atoms with E-state index in [9.17, 15) is 18.0 Å². The van der Waals surface area contributed by atoms with E-state index in [2.05, 4.69) is 6.92 Å². The molecule has 0 heterocycles. The Labute approximate surface area is 138 Å². The van der Waals surface area contributed by atoms with E-state index in [1.807, 2.05) is 0 Å². The molecular formula is C17H32F3NO2. The van der Waals surface area contributed by atoms with Crippen LogP contribution in [0.25, 0.3) is 0 Å². The Morgan fingerprint density at radius 1 is 0.957 bits per heavy atom. The Balaban J connectivity index is 4.04. The minimum absolute atomic E-state index is 0.0671. The summed E-state index contributed by atoms with van der Waals surface area (Å²) in [6.45, 7) is 3.82. The molecule has 0 aromatic heterocycles. The average molecular weight is 339 g/mol. The van der Waals surface area contributed by atoms with Crippen LogP contribution in [0.3, 0.4) is 0 Å². The third-order valence-electron chi connectivity index (χ3n) is 4.02. The molecule has 0 saturated heterocycles. The molecule has 0 radical (unpaired) electrons. The number of ether oxygens (including phenoxy) is 1. The van der Waals surface area contributed by atoms with Crippen molar-refractivity contribution in [2.45, 2.75) is 90.3 Å². The number of halogens is 3. The van der Waals surface area contributed by atoms with Crippen LogP contribution in [0.4, 0.5) is 13.2 Å². The molecule has 3 nitrogen and oxygen atoms in total. The molecule has 0 amide bonds. The van der Waals surface area contributed by atoms with Crippen molar-refractivity contribution >= 4 is 5.97 Å². The Hall–Kier alpha value is -0.780. The van der Waals surface area contributed by atoms with Crippen LogP contribution >= 0.6 is 0 Å². The zero-order chi connectivity index (χ0) is 17.7. The van der Waals surface area contributed by atoms with Gasteiger partial charge >= 0.3 is 12.1 Å². The maximum Gasteiger partial charge on any atom is 0.404 e. The average Bonchev–Trinajstić information content (AvgIpc) is 2.48. The number of rotatable bonds is 13. The first-order valence-electron chi connectivity index (χ1n) is 8.83. The van der Waals surface area contributed by atoms with Crippen LogP contribution in [-0.4, -0.2) is 24.8 Å². The molecule has 6 heteroatoms. The summed E-state index contributed by atoms with van der Waals surface area (Å²) in [6.07, 6.45) is 5.17. The van der Waals surface area contributed by atoms with Crippen molar-refractivity contribution in [2.24, 2.45) is 11.7 Å². The van der Waals surface area contributed by atoms with Crippen molar-refractivity contribution in [2.75, 3.05) is 6.61 Å². The first kappa shape index (κ1) is 22.2. The number of carbonyl (C=O) groups excluding carboxylic acids is 1. The van der Waals surface area contributed by atoms with Crippen LogP contribution in [0.5, 0.6) is 0 Å². The fourth-order valence-corrected chi connectivity index (χ4v) is 2.60. The standard InChI is InChI=1S/C17H32F3NO2/c1-3-5-6-7-8-9-10-11-12-13-14(16(22)23-4-2)15(21)17(18,19)20/h14-15H,3-13,21H2,1-2H3/t14-,15-/m0/s1. The van der Waals surface area contributed by atoms with Crippen LogP contribution in [-0.2, 0) is 9.53 Å². The predicted octanol–water partition coefficient (Wildman–Crippen LogP) is 4.98. The van der Waals surface area contributed by atoms with Gasteiger partial charge in [0, 0.05) is 0 Å². The SMILES string of the molecule is CCCCCCCCCCC[C@H](C(=O)OCC)[C@H](N)C(F)(F)F. The summed E-state index contributed by atoms with van der Waals surface area (Å²) in [4.78, 5) is 11.7. The monoisotopic (exact) mass is 339 g/mol. The molecule has 2 atom stereocenters. The predicted molar refractivity (Wildman–Crippen MR) is 86.0 cm³/mol. The van der Waals surface area contributed by atoms with Crippen LogP contribution in [0.1, 0.15) is 78.1 Å². The highest BCUT2D eigenvalue weighted by molar-refractivity contribution is 5.73. The normalized spacial score (nSPS) is 14.5. The fourth-order valence-electron chi connectivity index (χ4n) is 2.60. The number of esters is 1. The third kappa shape index (κ3) is 10.6. The van der Waals surface area contributed by atoms with Gasteiger partial charge in [-0.1, -0.05) is 64.7 Å². The molecule has 2 N–H and O–H groups in total. The van der Waals surface area contributed by atoms with Gasteiger partial charge in [-0.15, -0.1) is 0 Å². The largest absolute Gasteiger partial charge is 0.466 e. The molecule has 0 aliphatic carbocycles. The third-order valence-corrected chi connectivity index (χ3v) is 4.02. The summed E-state index contributed by atoms with van der Waals surface area (Å²) in [5.41, 5.74) is 5.21. The van der Waals surface area contributed by atoms with Gasteiger partial charge in [-0.3, -0.25) is 4.79 Å². The van der Waals surface area contributed by atoms with Gasteiger partial charge in [-0.25, -0.2) is 0 Å². The number of alkyl halides is 3. The van der Waals surface area contributed by atoms with E-state index in [0.717, 1.165) is 19.3 Å². The van der Waals surface area contributed by atoms with Crippen molar-refractivity contribution in [3.05, 3.63) is 0 Å². The number of nitrogens with two attached hydrogens (primary N) is 1. The summed E-state index contributed by atoms with van der Waals surface area (Å²) in [5.74, 6) is -2.13. The Bertz CT molecular complexity index is 309. The molecule has 0 fully saturated rings. The maximum absolute atomic E-state index is 12.7. The number of unbranched alkanes of at least 4 members (excludes halogenated alkanes) is 8. The second-order valence-electron chi connectivity index (χ2n) is 6.04. The highest BCUT2D eigenvalue weighted by Crippen LogP contribution is 2.28. The van der Waals surface area contributed by atoms with E-state index >= 15 is 0 Å². The molecule has 0 spiro atoms. The van der Waals surface area contributed by atoms with E-state index < -0.39 is 24.1 Å². The van der Waals surface area contributed by atoms with Crippen LogP contribution in [0, 0.1) is 5.92 Å². The number of carbonyl (C=O) groups is 1. The molecule has 0 bridgehead atoms. The second-order valence-corrected chi connectivity index (χ2v) is 6.04. The first-order valence-corrected chi connectivity index (χ1v) is 8.83. The zero-order valence-corrected chi connectivity index (χ0v) is 14.5. The van der Waals surface area contributed by atoms with Crippen molar-refractivity contribution in [1.29, 1.82) is 0 Å². The second kappa shape index (κ2) is 12.6. The quantitative estimate of drug-likeness (QED) is 0.380. The Morgan fingerprint density at radius 2 is 1.43 bits per heavy atom. The van der Waals surface area contributed by atoms with Gasteiger partial charge in [-0.2, -0.15) is 13.2 Å². The molecule has 0 aliphatic heterocycles. The summed E-state index contributed by atoms with van der Waals surface area (Å²) >= 11 is 0. The van der Waals surface area contributed by atoms with E-state index in [0.29, 0.717) is 6.42 Å². The summed E-state index contributed by atoms with van der Waals surface area (Å²) in [6, 6.07) is -2.14. The number of hydrogen-bond acceptors (Lipinski definition) is 3. The van der Waals surface area contributed by atoms with E-state index in [4.69, 9.17) is 10.5 Å². The minimum atomic E-state index is -4.57. The topological polar surface area (TPSA) is 52.3 Å². The van der Waals surface area contributed by atoms with Crippen molar-refractivity contribution in [3.63, 3.8) is 0 Å². The van der Waals surface area contributed by atoms with Gasteiger partial charge in [0.05, 0.1) is 12.5 Å². The van der Waals surface area contributed by atoms with E-state index in [-0.39, 0.29) is 13.0 Å². The molecule has 0 saturated carbocycles. The molecule has 23 heavy (non-hydrogen) atoms. The van der Waals surface area contributed by atoms with Gasteiger partial charge in [0.1, 0.15) is 6.04 Å². The lowest BCUT2D eigenvalue weighted by Crippen LogP contribution is -2.47. The molecule has 0 unspecified atom stereocenters. The van der Waals surface area contributed by atoms with Gasteiger partial charge in [0.2, 0.25) is 0 Å². The van der Waals surface area contributed by atoms with Crippen molar-refractivity contribution in [1.82, 2.24) is 0 Å². The molecular weight excluding hydrogens is 307 g/mol. The summed E-state index contributed by atoms with van der Waals surface area (Å²) < 4.78 is 43.0. The van der Waals surface area contributed by atoms with Crippen LogP contribution in [0.2, 0.25) is 0 Å². The zero-order valence-electron chi connectivity index (χ0n) is 14.5. The van der Waals surface area contributed by atoms with Crippen molar-refractivity contribution < 1.29 is 22.7 Å². The maximum atomic E-state index is 12.7. The fraction of sp³-hybridized carbons (Fsp3) is 0.941. The minimum Gasteiger partial charge on any atom is -0.466 e. The lowest BCUT2D eigenvalue weighted by atomic mass is 9.93. The molecule has 0 aromatic rings. The van der Waals surface area contributed by atoms with Crippen molar-refractivity contribution in [3.8, 4) is 0 Å². The van der Waals surface area contributed by atoms with Gasteiger partial charge in [-0.05, 0) is 13.3 Å².